The van der Waals surface area contributed by atoms with Crippen LogP contribution in [0, 0.1) is 19.7 Å². The Morgan fingerprint density at radius 1 is 1.11 bits per heavy atom. The fourth-order valence-corrected chi connectivity index (χ4v) is 4.55. The molecule has 5 nitrogen and oxygen atoms in total. The number of anilines is 1. The molecule has 7 heteroatoms. The first-order chi connectivity index (χ1) is 13.2. The number of hydrogen-bond donors (Lipinski definition) is 1. The first-order valence-corrected chi connectivity index (χ1v) is 10.8. The zero-order valence-corrected chi connectivity index (χ0v) is 17.6. The average molecular weight is 407 g/mol. The Bertz CT molecular complexity index is 954. The summed E-state index contributed by atoms with van der Waals surface area (Å²) < 4.78 is 40.7. The van der Waals surface area contributed by atoms with E-state index >= 15 is 0 Å². The number of nitrogens with one attached hydrogen (secondary N) is 1. The van der Waals surface area contributed by atoms with Gasteiger partial charge in [-0.2, -0.15) is 4.31 Å². The van der Waals surface area contributed by atoms with Gasteiger partial charge in [0.25, 0.3) is 0 Å². The highest BCUT2D eigenvalue weighted by Gasteiger charge is 2.23. The molecule has 0 aromatic heterocycles. The number of benzene rings is 2. The van der Waals surface area contributed by atoms with Crippen LogP contribution in [0.4, 0.5) is 10.1 Å². The molecular formula is C21H27FN2O3S. The predicted molar refractivity (Wildman–Crippen MR) is 109 cm³/mol. The second kappa shape index (κ2) is 9.30. The van der Waals surface area contributed by atoms with Gasteiger partial charge in [0.05, 0.1) is 4.90 Å². The second-order valence-corrected chi connectivity index (χ2v) is 8.58. The van der Waals surface area contributed by atoms with E-state index in [4.69, 9.17) is 0 Å². The number of carbonyl (C=O) groups excluding carboxylic acids is 1. The van der Waals surface area contributed by atoms with Crippen LogP contribution in [0.2, 0.25) is 0 Å². The summed E-state index contributed by atoms with van der Waals surface area (Å²) in [5, 5.41) is 2.78. The lowest BCUT2D eigenvalue weighted by Gasteiger charge is -2.20. The molecule has 0 bridgehead atoms. The number of sulfonamides is 1. The van der Waals surface area contributed by atoms with E-state index < -0.39 is 10.0 Å². The highest BCUT2D eigenvalue weighted by atomic mass is 32.2. The molecule has 0 unspecified atom stereocenters. The van der Waals surface area contributed by atoms with Gasteiger partial charge in [0.1, 0.15) is 5.82 Å². The monoisotopic (exact) mass is 406 g/mol. The molecule has 1 N–H and O–H groups in total. The number of amides is 1. The van der Waals surface area contributed by atoms with E-state index in [0.717, 1.165) is 11.1 Å². The molecule has 0 heterocycles. The minimum Gasteiger partial charge on any atom is -0.326 e. The largest absolute Gasteiger partial charge is 0.326 e. The molecule has 0 fully saturated rings. The summed E-state index contributed by atoms with van der Waals surface area (Å²) in [4.78, 5) is 12.5. The van der Waals surface area contributed by atoms with E-state index in [9.17, 15) is 17.6 Å². The van der Waals surface area contributed by atoms with E-state index in [-0.39, 0.29) is 29.5 Å². The van der Waals surface area contributed by atoms with Gasteiger partial charge in [-0.15, -0.1) is 0 Å². The molecule has 0 aliphatic heterocycles. The number of nitrogens with zero attached hydrogens (tertiary/aromatic N) is 1. The van der Waals surface area contributed by atoms with E-state index in [1.165, 1.54) is 16.4 Å². The van der Waals surface area contributed by atoms with Crippen LogP contribution in [-0.4, -0.2) is 31.7 Å². The quantitative estimate of drug-likeness (QED) is 0.719. The van der Waals surface area contributed by atoms with Crippen LogP contribution in [0.25, 0.3) is 0 Å². The summed E-state index contributed by atoms with van der Waals surface area (Å²) in [6, 6.07) is 9.46. The van der Waals surface area contributed by atoms with Crippen LogP contribution in [0.3, 0.4) is 0 Å². The first kappa shape index (κ1) is 22.0. The third-order valence-corrected chi connectivity index (χ3v) is 6.87. The van der Waals surface area contributed by atoms with Gasteiger partial charge in [-0.25, -0.2) is 12.8 Å². The van der Waals surface area contributed by atoms with Crippen molar-refractivity contribution < 1.29 is 17.6 Å². The fourth-order valence-electron chi connectivity index (χ4n) is 2.98. The van der Waals surface area contributed by atoms with Gasteiger partial charge in [-0.05, 0) is 55.2 Å². The maximum absolute atomic E-state index is 13.7. The molecule has 0 radical (unpaired) electrons. The van der Waals surface area contributed by atoms with Gasteiger partial charge in [-0.3, -0.25) is 4.79 Å². The zero-order valence-electron chi connectivity index (χ0n) is 16.8. The number of rotatable bonds is 8. The van der Waals surface area contributed by atoms with Crippen molar-refractivity contribution in [3.05, 3.63) is 58.9 Å². The van der Waals surface area contributed by atoms with Crippen molar-refractivity contribution >= 4 is 21.6 Å². The predicted octanol–water partition coefficient (Wildman–Crippen LogP) is 4.04. The molecule has 152 valence electrons. The highest BCUT2D eigenvalue weighted by molar-refractivity contribution is 7.89. The molecule has 2 aromatic carbocycles. The van der Waals surface area contributed by atoms with Gasteiger partial charge >= 0.3 is 0 Å². The number of halogens is 1. The zero-order chi connectivity index (χ0) is 20.9. The summed E-state index contributed by atoms with van der Waals surface area (Å²) >= 11 is 0. The molecule has 1 amide bonds. The third-order valence-electron chi connectivity index (χ3n) is 4.84. The molecule has 2 rings (SSSR count). The Balaban J connectivity index is 2.22. The van der Waals surface area contributed by atoms with Gasteiger partial charge < -0.3 is 5.32 Å². The first-order valence-electron chi connectivity index (χ1n) is 9.35. The van der Waals surface area contributed by atoms with Crippen molar-refractivity contribution in [2.75, 3.05) is 18.4 Å². The maximum Gasteiger partial charge on any atom is 0.243 e. The van der Waals surface area contributed by atoms with E-state index in [0.29, 0.717) is 24.3 Å². The van der Waals surface area contributed by atoms with Crippen molar-refractivity contribution in [1.82, 2.24) is 4.31 Å². The second-order valence-electron chi connectivity index (χ2n) is 6.64. The Labute approximate surface area is 166 Å². The van der Waals surface area contributed by atoms with Gasteiger partial charge in [-0.1, -0.05) is 32.0 Å². The molecule has 0 aliphatic rings. The van der Waals surface area contributed by atoms with Crippen LogP contribution < -0.4 is 5.32 Å². The molecule has 0 spiro atoms. The van der Waals surface area contributed by atoms with Gasteiger partial charge in [0.2, 0.25) is 15.9 Å². The number of hydrogen-bond acceptors (Lipinski definition) is 3. The molecule has 0 saturated heterocycles. The highest BCUT2D eigenvalue weighted by Crippen LogP contribution is 2.26. The molecule has 0 saturated carbocycles. The molecule has 0 aliphatic carbocycles. The molecule has 28 heavy (non-hydrogen) atoms. The van der Waals surface area contributed by atoms with Crippen LogP contribution in [0.15, 0.2) is 41.3 Å². The van der Waals surface area contributed by atoms with E-state index in [1.807, 2.05) is 13.8 Å². The summed E-state index contributed by atoms with van der Waals surface area (Å²) in [5.74, 6) is -0.627. The lowest BCUT2D eigenvalue weighted by Crippen LogP contribution is -2.30. The summed E-state index contributed by atoms with van der Waals surface area (Å²) in [5.41, 5.74) is 2.52. The fraction of sp³-hybridized carbons (Fsp3) is 0.381. The van der Waals surface area contributed by atoms with Crippen molar-refractivity contribution in [2.24, 2.45) is 0 Å². The summed E-state index contributed by atoms with van der Waals surface area (Å²) in [6.45, 7) is 7.95. The Hall–Kier alpha value is -2.25. The Kier molecular flexibility index (Phi) is 7.32. The Morgan fingerprint density at radius 3 is 2.36 bits per heavy atom. The minimum absolute atomic E-state index is 0.104. The third kappa shape index (κ3) is 4.97. The number of carbonyl (C=O) groups is 1. The van der Waals surface area contributed by atoms with Crippen LogP contribution in [-0.2, 0) is 21.2 Å². The van der Waals surface area contributed by atoms with E-state index in [1.54, 1.807) is 38.1 Å². The van der Waals surface area contributed by atoms with Crippen molar-refractivity contribution in [3.63, 3.8) is 0 Å². The lowest BCUT2D eigenvalue weighted by molar-refractivity contribution is -0.116. The Morgan fingerprint density at radius 2 is 1.75 bits per heavy atom. The van der Waals surface area contributed by atoms with Gasteiger partial charge in [0.15, 0.2) is 0 Å². The van der Waals surface area contributed by atoms with Crippen LogP contribution in [0.5, 0.6) is 0 Å². The van der Waals surface area contributed by atoms with Crippen molar-refractivity contribution in [2.45, 2.75) is 45.4 Å². The summed E-state index contributed by atoms with van der Waals surface area (Å²) in [7, 11) is -3.63. The van der Waals surface area contributed by atoms with Crippen molar-refractivity contribution in [1.29, 1.82) is 0 Å². The molecule has 0 atom stereocenters. The maximum atomic E-state index is 13.7. The topological polar surface area (TPSA) is 66.5 Å². The van der Waals surface area contributed by atoms with Crippen LogP contribution in [0.1, 0.15) is 37.0 Å². The molecule has 2 aromatic rings. The normalized spacial score (nSPS) is 11.6. The van der Waals surface area contributed by atoms with E-state index in [2.05, 4.69) is 5.32 Å². The summed E-state index contributed by atoms with van der Waals surface area (Å²) in [6.07, 6.45) is 0.375. The SMILES string of the molecule is CCN(CC)S(=O)(=O)c1cc(C)c(C)c(NC(=O)CCc2ccccc2F)c1. The van der Waals surface area contributed by atoms with Crippen LogP contribution >= 0.6 is 0 Å². The average Bonchev–Trinajstić information content (AvgIpc) is 2.65. The smallest absolute Gasteiger partial charge is 0.243 e. The van der Waals surface area contributed by atoms with Gasteiger partial charge in [0, 0.05) is 25.2 Å². The minimum atomic E-state index is -3.63. The standard InChI is InChI=1S/C21H27FN2O3S/c1-5-24(6-2)28(26,27)18-13-15(3)16(4)20(14-18)23-21(25)12-11-17-9-7-8-10-19(17)22/h7-10,13-14H,5-6,11-12H2,1-4H3,(H,23,25). The molecular weight excluding hydrogens is 379 g/mol. The van der Waals surface area contributed by atoms with Crippen molar-refractivity contribution in [3.8, 4) is 0 Å². The number of aryl methyl sites for hydroxylation is 2. The lowest BCUT2D eigenvalue weighted by atomic mass is 10.1.